The van der Waals surface area contributed by atoms with E-state index in [1.165, 1.54) is 154 Å². The predicted octanol–water partition coefficient (Wildman–Crippen LogP) is 17.1. The van der Waals surface area contributed by atoms with Crippen molar-refractivity contribution in [2.45, 2.75) is 283 Å². The number of esters is 1. The topological polar surface area (TPSA) is 114 Å². The monoisotopic (exact) mass is 1000 g/mol. The van der Waals surface area contributed by atoms with E-state index in [4.69, 9.17) is 13.8 Å². The largest absolute Gasteiger partial charge is 0.756 e. The number of ether oxygens (including phenoxy) is 1. The van der Waals surface area contributed by atoms with Crippen molar-refractivity contribution >= 4 is 19.7 Å². The minimum Gasteiger partial charge on any atom is -0.756 e. The molecular formula is C60H113N2O7P. The molecule has 0 bridgehead atoms. The van der Waals surface area contributed by atoms with Crippen molar-refractivity contribution in [3.05, 3.63) is 48.6 Å². The number of carbonyl (C=O) groups is 2. The average Bonchev–Trinajstić information content (AvgIpc) is 3.32. The highest BCUT2D eigenvalue weighted by Gasteiger charge is 2.27. The maximum absolute atomic E-state index is 13.5. The van der Waals surface area contributed by atoms with Crippen molar-refractivity contribution in [1.82, 2.24) is 5.32 Å². The Morgan fingerprint density at radius 3 is 1.33 bits per heavy atom. The van der Waals surface area contributed by atoms with Crippen LogP contribution in [0.3, 0.4) is 0 Å². The molecule has 0 aliphatic rings. The number of phosphoric ester groups is 1. The standard InChI is InChI=1S/C60H113N2O7P/c1-7-10-13-16-19-22-25-28-30-31-32-34-37-40-43-46-49-52-59(63)61-57(56-68-70(65,66)67-55-54-62(4,5)6)58(51-48-45-42-39-36-33-27-24-21-18-15-12-9-3)69-60(64)53-50-47-44-41-38-35-29-26-23-20-17-14-11-8-2/h19,22,28,30,32,34,48,51,57-58H,7-18,20-21,23-27,29,31,33,35-47,49-50,52-56H2,1-6H3,(H-,61,63,65,66)/b22-19-,30-28-,34-32-,51-48+. The normalized spacial score (nSPS) is 14.1. The van der Waals surface area contributed by atoms with Gasteiger partial charge in [0.25, 0.3) is 7.82 Å². The fourth-order valence-corrected chi connectivity index (χ4v) is 9.13. The molecule has 0 aromatic rings. The highest BCUT2D eigenvalue weighted by atomic mass is 31.2. The molecule has 0 aliphatic heterocycles. The molecule has 0 aromatic carbocycles. The lowest BCUT2D eigenvalue weighted by Gasteiger charge is -2.30. The number of hydrogen-bond donors (Lipinski definition) is 1. The van der Waals surface area contributed by atoms with Gasteiger partial charge in [0, 0.05) is 12.8 Å². The van der Waals surface area contributed by atoms with Gasteiger partial charge < -0.3 is 28.5 Å². The first kappa shape index (κ1) is 68.0. The Labute approximate surface area is 433 Å². The van der Waals surface area contributed by atoms with E-state index >= 15 is 0 Å². The minimum absolute atomic E-state index is 0.0261. The summed E-state index contributed by atoms with van der Waals surface area (Å²) in [5, 5.41) is 3.01. The van der Waals surface area contributed by atoms with Crippen LogP contribution < -0.4 is 10.2 Å². The van der Waals surface area contributed by atoms with Gasteiger partial charge in [-0.1, -0.05) is 237 Å². The highest BCUT2D eigenvalue weighted by Crippen LogP contribution is 2.38. The van der Waals surface area contributed by atoms with Crippen molar-refractivity contribution in [2.24, 2.45) is 0 Å². The Morgan fingerprint density at radius 1 is 0.500 bits per heavy atom. The van der Waals surface area contributed by atoms with E-state index < -0.39 is 26.6 Å². The average molecular weight is 1010 g/mol. The Kier molecular flexibility index (Phi) is 49.0. The van der Waals surface area contributed by atoms with Crippen LogP contribution in [-0.4, -0.2) is 69.4 Å². The predicted molar refractivity (Wildman–Crippen MR) is 298 cm³/mol. The van der Waals surface area contributed by atoms with Gasteiger partial charge in [-0.3, -0.25) is 14.2 Å². The lowest BCUT2D eigenvalue weighted by Crippen LogP contribution is -2.47. The van der Waals surface area contributed by atoms with Crippen LogP contribution in [0.4, 0.5) is 0 Å². The number of carbonyl (C=O) groups excluding carboxylic acids is 2. The van der Waals surface area contributed by atoms with E-state index in [9.17, 15) is 19.0 Å². The molecule has 3 unspecified atom stereocenters. The maximum Gasteiger partial charge on any atom is 0.306 e. The van der Waals surface area contributed by atoms with Crippen LogP contribution in [0.25, 0.3) is 0 Å². The maximum atomic E-state index is 13.5. The van der Waals surface area contributed by atoms with E-state index in [1.54, 1.807) is 0 Å². The molecule has 9 nitrogen and oxygen atoms in total. The van der Waals surface area contributed by atoms with E-state index in [0.717, 1.165) is 77.0 Å². The molecular weight excluding hydrogens is 892 g/mol. The van der Waals surface area contributed by atoms with Crippen LogP contribution in [0.2, 0.25) is 0 Å². The zero-order valence-electron chi connectivity index (χ0n) is 46.7. The second kappa shape index (κ2) is 50.5. The first-order valence-electron chi connectivity index (χ1n) is 29.4. The summed E-state index contributed by atoms with van der Waals surface area (Å²) in [6.45, 7) is 6.81. The van der Waals surface area contributed by atoms with Gasteiger partial charge in [0.1, 0.15) is 19.3 Å². The molecule has 0 heterocycles. The second-order valence-electron chi connectivity index (χ2n) is 21.2. The van der Waals surface area contributed by atoms with Crippen molar-refractivity contribution in [3.8, 4) is 0 Å². The van der Waals surface area contributed by atoms with Gasteiger partial charge in [-0.25, -0.2) is 0 Å². The zero-order chi connectivity index (χ0) is 51.5. The first-order valence-corrected chi connectivity index (χ1v) is 30.9. The molecule has 0 fully saturated rings. The van der Waals surface area contributed by atoms with E-state index in [-0.39, 0.29) is 24.9 Å². The lowest BCUT2D eigenvalue weighted by atomic mass is 10.0. The van der Waals surface area contributed by atoms with Gasteiger partial charge >= 0.3 is 5.97 Å². The summed E-state index contributed by atoms with van der Waals surface area (Å²) in [5.41, 5.74) is 0. The molecule has 0 radical (unpaired) electrons. The number of quaternary nitrogens is 1. The summed E-state index contributed by atoms with van der Waals surface area (Å²) in [4.78, 5) is 39.9. The number of amides is 1. The number of hydrogen-bond acceptors (Lipinski definition) is 7. The third-order valence-electron chi connectivity index (χ3n) is 13.0. The van der Waals surface area contributed by atoms with Crippen molar-refractivity contribution < 1.29 is 37.3 Å². The van der Waals surface area contributed by atoms with Gasteiger partial charge in [-0.15, -0.1) is 0 Å². The highest BCUT2D eigenvalue weighted by molar-refractivity contribution is 7.45. The molecule has 0 rings (SSSR count). The van der Waals surface area contributed by atoms with E-state index in [1.807, 2.05) is 33.3 Å². The van der Waals surface area contributed by atoms with Crippen LogP contribution in [0.1, 0.15) is 271 Å². The molecule has 70 heavy (non-hydrogen) atoms. The number of likely N-dealkylation sites (N-methyl/N-ethyl adjacent to an activating group) is 1. The van der Waals surface area contributed by atoms with Crippen molar-refractivity contribution in [3.63, 3.8) is 0 Å². The molecule has 0 aromatic heterocycles. The van der Waals surface area contributed by atoms with E-state index in [2.05, 4.69) is 62.5 Å². The number of allylic oxidation sites excluding steroid dienone is 7. The van der Waals surface area contributed by atoms with Crippen molar-refractivity contribution in [2.75, 3.05) is 40.9 Å². The second-order valence-corrected chi connectivity index (χ2v) is 22.6. The SMILES string of the molecule is CCCCC/C=C\C/C=C\C/C=C\CCCCCCC(=O)NC(COP(=O)([O-])OCC[N+](C)(C)C)C(/C=C/CCCCCCCCCCCCC)OC(=O)CCCCCCCCCCCCCCCC. The van der Waals surface area contributed by atoms with Crippen molar-refractivity contribution in [1.29, 1.82) is 0 Å². The lowest BCUT2D eigenvalue weighted by molar-refractivity contribution is -0.870. The molecule has 1 N–H and O–H groups in total. The van der Waals surface area contributed by atoms with E-state index in [0.29, 0.717) is 23.9 Å². The Balaban J connectivity index is 5.38. The summed E-state index contributed by atoms with van der Waals surface area (Å²) in [6, 6.07) is -0.897. The zero-order valence-corrected chi connectivity index (χ0v) is 47.6. The fourth-order valence-electron chi connectivity index (χ4n) is 8.41. The van der Waals surface area contributed by atoms with Gasteiger partial charge in [0.15, 0.2) is 0 Å². The molecule has 410 valence electrons. The summed E-state index contributed by atoms with van der Waals surface area (Å²) in [5.74, 6) is -0.558. The quantitative estimate of drug-likeness (QED) is 0.0212. The van der Waals surface area contributed by atoms with Crippen LogP contribution in [0, 0.1) is 0 Å². The molecule has 0 saturated heterocycles. The summed E-state index contributed by atoms with van der Waals surface area (Å²) >= 11 is 0. The molecule has 0 spiro atoms. The molecule has 0 saturated carbocycles. The molecule has 10 heteroatoms. The Morgan fingerprint density at radius 2 is 0.871 bits per heavy atom. The summed E-state index contributed by atoms with van der Waals surface area (Å²) in [7, 11) is 1.17. The number of rotatable bonds is 53. The third-order valence-corrected chi connectivity index (χ3v) is 14.0. The van der Waals surface area contributed by atoms with Gasteiger partial charge in [-0.05, 0) is 70.3 Å². The van der Waals surface area contributed by atoms with Gasteiger partial charge in [0.05, 0.1) is 33.8 Å². The number of nitrogens with zero attached hydrogens (tertiary/aromatic N) is 1. The van der Waals surface area contributed by atoms with Crippen LogP contribution >= 0.6 is 7.82 Å². The third kappa shape index (κ3) is 50.9. The fraction of sp³-hybridized carbons (Fsp3) is 0.833. The molecule has 3 atom stereocenters. The summed E-state index contributed by atoms with van der Waals surface area (Å²) in [6.07, 6.45) is 60.6. The Hall–Kier alpha value is -2.03. The van der Waals surface area contributed by atoms with Crippen LogP contribution in [0.5, 0.6) is 0 Å². The summed E-state index contributed by atoms with van der Waals surface area (Å²) < 4.78 is 30.2. The van der Waals surface area contributed by atoms with Crippen LogP contribution in [0.15, 0.2) is 48.6 Å². The van der Waals surface area contributed by atoms with Gasteiger partial charge in [0.2, 0.25) is 5.91 Å². The number of phosphoric acid groups is 1. The number of nitrogens with one attached hydrogen (secondary N) is 1. The number of unbranched alkanes of at least 4 members (excludes halogenated alkanes) is 31. The first-order chi connectivity index (χ1) is 33.9. The Bertz CT molecular complexity index is 1340. The molecule has 1 amide bonds. The minimum atomic E-state index is -4.70. The smallest absolute Gasteiger partial charge is 0.306 e. The van der Waals surface area contributed by atoms with Crippen LogP contribution in [-0.2, 0) is 27.9 Å². The molecule has 0 aliphatic carbocycles. The van der Waals surface area contributed by atoms with Gasteiger partial charge in [-0.2, -0.15) is 0 Å².